The van der Waals surface area contributed by atoms with Crippen LogP contribution in [-0.2, 0) is 25.6 Å². The van der Waals surface area contributed by atoms with Crippen LogP contribution >= 0.6 is 0 Å². The lowest BCUT2D eigenvalue weighted by atomic mass is 9.81. The Morgan fingerprint density at radius 1 is 1.35 bits per heavy atom. The first-order chi connectivity index (χ1) is 12.5. The predicted molar refractivity (Wildman–Crippen MR) is 96.4 cm³/mol. The standard InChI is InChI=1S/C20H24N2O4/c1-4-10-24-12-14-8-6-7-9-15(14)18-16(11-21)19(22)26-13(3)17(18)20(23)25-5-2/h6-9,18H,4-5,10,12,22H2,1-3H3. The molecule has 0 saturated heterocycles. The first-order valence-electron chi connectivity index (χ1n) is 8.66. The number of nitriles is 1. The van der Waals surface area contributed by atoms with Crippen molar-refractivity contribution in [1.82, 2.24) is 0 Å². The zero-order valence-electron chi connectivity index (χ0n) is 15.4. The lowest BCUT2D eigenvalue weighted by molar-refractivity contribution is -0.139. The molecule has 138 valence electrons. The molecule has 6 heteroatoms. The summed E-state index contributed by atoms with van der Waals surface area (Å²) in [5.74, 6) is -0.810. The van der Waals surface area contributed by atoms with Gasteiger partial charge in [0.2, 0.25) is 5.88 Å². The van der Waals surface area contributed by atoms with Crippen LogP contribution in [-0.4, -0.2) is 19.2 Å². The van der Waals surface area contributed by atoms with Gasteiger partial charge in [0.05, 0.1) is 24.7 Å². The Labute approximate surface area is 153 Å². The number of carbonyl (C=O) groups is 1. The van der Waals surface area contributed by atoms with Crippen molar-refractivity contribution in [2.45, 2.75) is 39.7 Å². The van der Waals surface area contributed by atoms with Crippen LogP contribution in [0.15, 0.2) is 47.1 Å². The first kappa shape index (κ1) is 19.5. The number of nitrogens with two attached hydrogens (primary N) is 1. The highest BCUT2D eigenvalue weighted by molar-refractivity contribution is 5.92. The summed E-state index contributed by atoms with van der Waals surface area (Å²) in [4.78, 5) is 12.6. The van der Waals surface area contributed by atoms with E-state index in [4.69, 9.17) is 19.9 Å². The largest absolute Gasteiger partial charge is 0.463 e. The molecule has 1 aliphatic heterocycles. The van der Waals surface area contributed by atoms with Crippen molar-refractivity contribution in [3.8, 4) is 6.07 Å². The van der Waals surface area contributed by atoms with E-state index in [2.05, 4.69) is 6.07 Å². The highest BCUT2D eigenvalue weighted by Crippen LogP contribution is 2.40. The Balaban J connectivity index is 2.56. The number of allylic oxidation sites excluding steroid dienone is 2. The second-order valence-corrected chi connectivity index (χ2v) is 5.87. The normalized spacial score (nSPS) is 16.9. The van der Waals surface area contributed by atoms with Gasteiger partial charge in [-0.2, -0.15) is 5.26 Å². The zero-order valence-corrected chi connectivity index (χ0v) is 15.4. The number of benzene rings is 1. The minimum absolute atomic E-state index is 0.00679. The van der Waals surface area contributed by atoms with E-state index in [1.54, 1.807) is 13.8 Å². The number of hydrogen-bond acceptors (Lipinski definition) is 6. The molecule has 0 aliphatic carbocycles. The van der Waals surface area contributed by atoms with Crippen molar-refractivity contribution in [3.05, 3.63) is 58.2 Å². The van der Waals surface area contributed by atoms with Gasteiger partial charge in [0.25, 0.3) is 0 Å². The third kappa shape index (κ3) is 4.06. The van der Waals surface area contributed by atoms with Crippen molar-refractivity contribution in [2.75, 3.05) is 13.2 Å². The van der Waals surface area contributed by atoms with Crippen molar-refractivity contribution in [1.29, 1.82) is 5.26 Å². The maximum absolute atomic E-state index is 12.6. The van der Waals surface area contributed by atoms with E-state index in [0.717, 1.165) is 17.5 Å². The van der Waals surface area contributed by atoms with Crippen molar-refractivity contribution < 1.29 is 19.0 Å². The maximum Gasteiger partial charge on any atom is 0.338 e. The highest BCUT2D eigenvalue weighted by Gasteiger charge is 2.37. The molecule has 1 aliphatic rings. The van der Waals surface area contributed by atoms with E-state index >= 15 is 0 Å². The van der Waals surface area contributed by atoms with Gasteiger partial charge in [-0.25, -0.2) is 4.79 Å². The summed E-state index contributed by atoms with van der Waals surface area (Å²) in [6, 6.07) is 9.64. The fraction of sp³-hybridized carbons (Fsp3) is 0.400. The molecule has 1 atom stereocenters. The van der Waals surface area contributed by atoms with Crippen molar-refractivity contribution in [3.63, 3.8) is 0 Å². The zero-order chi connectivity index (χ0) is 19.1. The third-order valence-corrected chi connectivity index (χ3v) is 4.07. The summed E-state index contributed by atoms with van der Waals surface area (Å²) in [6.07, 6.45) is 0.906. The van der Waals surface area contributed by atoms with Crippen LogP contribution in [0.3, 0.4) is 0 Å². The molecule has 0 spiro atoms. The van der Waals surface area contributed by atoms with E-state index in [1.165, 1.54) is 0 Å². The fourth-order valence-corrected chi connectivity index (χ4v) is 2.94. The molecule has 0 bridgehead atoms. The van der Waals surface area contributed by atoms with Crippen LogP contribution in [0, 0.1) is 11.3 Å². The average molecular weight is 356 g/mol. The summed E-state index contributed by atoms with van der Waals surface area (Å²) < 4.78 is 16.3. The number of rotatable bonds is 7. The topological polar surface area (TPSA) is 94.6 Å². The minimum atomic E-state index is -0.644. The second kappa shape index (κ2) is 9.07. The van der Waals surface area contributed by atoms with Crippen LogP contribution in [0.5, 0.6) is 0 Å². The molecule has 2 N–H and O–H groups in total. The van der Waals surface area contributed by atoms with Crippen LogP contribution in [0.4, 0.5) is 0 Å². The molecule has 0 saturated carbocycles. The average Bonchev–Trinajstić information content (AvgIpc) is 2.62. The van der Waals surface area contributed by atoms with E-state index < -0.39 is 11.9 Å². The molecule has 1 aromatic carbocycles. The van der Waals surface area contributed by atoms with Gasteiger partial charge in [-0.3, -0.25) is 0 Å². The molecule has 0 amide bonds. The summed E-state index contributed by atoms with van der Waals surface area (Å²) in [5, 5.41) is 9.64. The molecular formula is C20H24N2O4. The number of nitrogens with zero attached hydrogens (tertiary/aromatic N) is 1. The van der Waals surface area contributed by atoms with Gasteiger partial charge < -0.3 is 19.9 Å². The van der Waals surface area contributed by atoms with Gasteiger partial charge in [0, 0.05) is 6.61 Å². The lowest BCUT2D eigenvalue weighted by Crippen LogP contribution is -2.26. The molecule has 0 fully saturated rings. The summed E-state index contributed by atoms with van der Waals surface area (Å²) in [6.45, 7) is 6.65. The molecular weight excluding hydrogens is 332 g/mol. The van der Waals surface area contributed by atoms with E-state index in [0.29, 0.717) is 24.5 Å². The fourth-order valence-electron chi connectivity index (χ4n) is 2.94. The van der Waals surface area contributed by atoms with Crippen molar-refractivity contribution in [2.24, 2.45) is 5.73 Å². The van der Waals surface area contributed by atoms with Gasteiger partial charge in [0.1, 0.15) is 17.4 Å². The van der Waals surface area contributed by atoms with Crippen LogP contribution in [0.1, 0.15) is 44.2 Å². The Kier molecular flexibility index (Phi) is 6.81. The smallest absolute Gasteiger partial charge is 0.338 e. The number of carbonyl (C=O) groups excluding carboxylic acids is 1. The van der Waals surface area contributed by atoms with Gasteiger partial charge in [-0.05, 0) is 31.4 Å². The Morgan fingerprint density at radius 2 is 2.08 bits per heavy atom. The molecule has 1 aromatic rings. The summed E-state index contributed by atoms with van der Waals surface area (Å²) in [7, 11) is 0. The minimum Gasteiger partial charge on any atom is -0.463 e. The third-order valence-electron chi connectivity index (χ3n) is 4.07. The van der Waals surface area contributed by atoms with Gasteiger partial charge in [-0.1, -0.05) is 31.2 Å². The second-order valence-electron chi connectivity index (χ2n) is 5.87. The van der Waals surface area contributed by atoms with Crippen molar-refractivity contribution >= 4 is 5.97 Å². The summed E-state index contributed by atoms with van der Waals surface area (Å²) in [5.41, 5.74) is 8.10. The molecule has 0 radical (unpaired) electrons. The van der Waals surface area contributed by atoms with Gasteiger partial charge in [0.15, 0.2) is 0 Å². The Hall–Kier alpha value is -2.78. The van der Waals surface area contributed by atoms with Crippen LogP contribution in [0.25, 0.3) is 0 Å². The first-order valence-corrected chi connectivity index (χ1v) is 8.66. The SMILES string of the molecule is CCCOCc1ccccc1C1C(C#N)=C(N)OC(C)=C1C(=O)OCC. The van der Waals surface area contributed by atoms with Crippen LogP contribution in [0.2, 0.25) is 0 Å². The van der Waals surface area contributed by atoms with E-state index in [9.17, 15) is 10.1 Å². The maximum atomic E-state index is 12.6. The lowest BCUT2D eigenvalue weighted by Gasteiger charge is -2.28. The quantitative estimate of drug-likeness (QED) is 0.595. The summed E-state index contributed by atoms with van der Waals surface area (Å²) >= 11 is 0. The van der Waals surface area contributed by atoms with Gasteiger partial charge in [-0.15, -0.1) is 0 Å². The molecule has 2 rings (SSSR count). The number of hydrogen-bond donors (Lipinski definition) is 1. The molecule has 1 heterocycles. The number of ether oxygens (including phenoxy) is 3. The molecule has 1 unspecified atom stereocenters. The van der Waals surface area contributed by atoms with E-state index in [1.807, 2.05) is 31.2 Å². The molecule has 0 aromatic heterocycles. The predicted octanol–water partition coefficient (Wildman–Crippen LogP) is 3.26. The van der Waals surface area contributed by atoms with Crippen LogP contribution < -0.4 is 5.73 Å². The monoisotopic (exact) mass is 356 g/mol. The Bertz CT molecular complexity index is 774. The molecule has 26 heavy (non-hydrogen) atoms. The molecule has 6 nitrogen and oxygen atoms in total. The van der Waals surface area contributed by atoms with E-state index in [-0.39, 0.29) is 18.1 Å². The van der Waals surface area contributed by atoms with Gasteiger partial charge >= 0.3 is 5.97 Å². The highest BCUT2D eigenvalue weighted by atomic mass is 16.5. The number of esters is 1. The Morgan fingerprint density at radius 3 is 2.73 bits per heavy atom.